The monoisotopic (exact) mass is 283 g/mol. The van der Waals surface area contributed by atoms with Gasteiger partial charge in [0, 0.05) is 7.05 Å². The Kier molecular flexibility index (Phi) is 3.30. The Morgan fingerprint density at radius 1 is 1.42 bits per heavy atom. The molecule has 0 bridgehead atoms. The summed E-state index contributed by atoms with van der Waals surface area (Å²) in [5, 5.41) is 9.19. The van der Waals surface area contributed by atoms with Crippen LogP contribution in [-0.4, -0.2) is 38.3 Å². The van der Waals surface area contributed by atoms with Gasteiger partial charge in [-0.25, -0.2) is 13.2 Å². The van der Waals surface area contributed by atoms with E-state index in [1.807, 2.05) is 19.9 Å². The van der Waals surface area contributed by atoms with E-state index in [1.165, 1.54) is 0 Å². The molecule has 1 aromatic rings. The van der Waals surface area contributed by atoms with E-state index in [2.05, 4.69) is 0 Å². The van der Waals surface area contributed by atoms with Crippen LogP contribution in [0, 0.1) is 0 Å². The lowest BCUT2D eigenvalue weighted by Crippen LogP contribution is -2.47. The van der Waals surface area contributed by atoms with Gasteiger partial charge in [0.2, 0.25) is 0 Å². The van der Waals surface area contributed by atoms with E-state index < -0.39 is 21.8 Å². The van der Waals surface area contributed by atoms with Crippen LogP contribution < -0.4 is 4.90 Å². The predicted molar refractivity (Wildman–Crippen MR) is 72.4 cm³/mol. The smallest absolute Gasteiger partial charge is 0.327 e. The molecule has 1 aliphatic rings. The number of benzene rings is 1. The third kappa shape index (κ3) is 2.20. The summed E-state index contributed by atoms with van der Waals surface area (Å²) in [7, 11) is -1.91. The molecule has 0 aliphatic carbocycles. The van der Waals surface area contributed by atoms with Crippen LogP contribution in [0.25, 0.3) is 0 Å². The van der Waals surface area contributed by atoms with E-state index in [4.69, 9.17) is 0 Å². The lowest BCUT2D eigenvalue weighted by Gasteiger charge is -2.35. The van der Waals surface area contributed by atoms with Crippen LogP contribution in [0.2, 0.25) is 0 Å². The van der Waals surface area contributed by atoms with Crippen LogP contribution in [0.3, 0.4) is 0 Å². The zero-order chi connectivity index (χ0) is 14.4. The van der Waals surface area contributed by atoms with Gasteiger partial charge in [-0.3, -0.25) is 0 Å². The van der Waals surface area contributed by atoms with Crippen LogP contribution in [0.5, 0.6) is 0 Å². The molecule has 0 saturated carbocycles. The van der Waals surface area contributed by atoms with Crippen molar-refractivity contribution in [1.82, 2.24) is 0 Å². The maximum atomic E-state index is 12.2. The number of para-hydroxylation sites is 1. The molecule has 0 spiro atoms. The van der Waals surface area contributed by atoms with Crippen LogP contribution in [0.4, 0.5) is 5.69 Å². The van der Waals surface area contributed by atoms with Gasteiger partial charge in [0.05, 0.1) is 16.3 Å². The van der Waals surface area contributed by atoms with Crippen molar-refractivity contribution in [3.63, 3.8) is 0 Å². The van der Waals surface area contributed by atoms with E-state index in [1.54, 1.807) is 24.1 Å². The Bertz CT molecular complexity index is 622. The summed E-state index contributed by atoms with van der Waals surface area (Å²) in [6, 6.07) is 4.07. The molecule has 1 heterocycles. The molecule has 6 heteroatoms. The van der Waals surface area contributed by atoms with Crippen molar-refractivity contribution in [1.29, 1.82) is 0 Å². The number of nitrogens with zero attached hydrogens (tertiary/aromatic N) is 1. The lowest BCUT2D eigenvalue weighted by atomic mass is 9.99. The molecule has 104 valence electrons. The third-order valence-electron chi connectivity index (χ3n) is 3.47. The van der Waals surface area contributed by atoms with Gasteiger partial charge in [-0.15, -0.1) is 0 Å². The minimum absolute atomic E-state index is 0.125. The minimum atomic E-state index is -3.55. The minimum Gasteiger partial charge on any atom is -0.480 e. The number of sulfone groups is 1. The Balaban J connectivity index is 2.73. The summed E-state index contributed by atoms with van der Waals surface area (Å²) in [6.07, 6.45) is 0. The lowest BCUT2D eigenvalue weighted by molar-refractivity contribution is -0.138. The predicted octanol–water partition coefficient (Wildman–Crippen LogP) is 1.49. The molecule has 1 aliphatic heterocycles. The normalized spacial score (nSPS) is 21.3. The van der Waals surface area contributed by atoms with Crippen molar-refractivity contribution in [2.45, 2.75) is 30.7 Å². The van der Waals surface area contributed by atoms with Gasteiger partial charge in [-0.1, -0.05) is 26.0 Å². The van der Waals surface area contributed by atoms with Gasteiger partial charge >= 0.3 is 5.97 Å². The first-order valence-corrected chi connectivity index (χ1v) is 7.72. The highest BCUT2D eigenvalue weighted by molar-refractivity contribution is 7.91. The van der Waals surface area contributed by atoms with Gasteiger partial charge in [0.15, 0.2) is 9.84 Å². The van der Waals surface area contributed by atoms with E-state index in [9.17, 15) is 18.3 Å². The highest BCUT2D eigenvalue weighted by Crippen LogP contribution is 2.38. The highest BCUT2D eigenvalue weighted by atomic mass is 32.2. The maximum Gasteiger partial charge on any atom is 0.327 e. The van der Waals surface area contributed by atoms with Gasteiger partial charge in [0.25, 0.3) is 0 Å². The second kappa shape index (κ2) is 4.52. The number of carbonyl (C=O) groups is 1. The first-order valence-electron chi connectivity index (χ1n) is 6.07. The molecule has 5 nitrogen and oxygen atoms in total. The standard InChI is InChI=1S/C13H17NO4S/c1-8(2)9-5-4-6-11-12(9)14(3)10(13(15)16)7-19(11,17)18/h4-6,8,10H,7H2,1-3H3,(H,15,16). The fourth-order valence-corrected chi connectivity index (χ4v) is 4.24. The van der Waals surface area contributed by atoms with Crippen LogP contribution in [0.15, 0.2) is 23.1 Å². The Morgan fingerprint density at radius 2 is 2.05 bits per heavy atom. The molecule has 1 unspecified atom stereocenters. The van der Waals surface area contributed by atoms with Gasteiger partial charge < -0.3 is 10.0 Å². The molecule has 1 atom stereocenters. The zero-order valence-corrected chi connectivity index (χ0v) is 11.9. The number of hydrogen-bond acceptors (Lipinski definition) is 4. The van der Waals surface area contributed by atoms with Crippen molar-refractivity contribution in [2.24, 2.45) is 0 Å². The van der Waals surface area contributed by atoms with Crippen LogP contribution in [0.1, 0.15) is 25.3 Å². The first kappa shape index (κ1) is 13.9. The van der Waals surface area contributed by atoms with Crippen molar-refractivity contribution in [3.8, 4) is 0 Å². The van der Waals surface area contributed by atoms with E-state index in [-0.39, 0.29) is 16.6 Å². The molecule has 1 aromatic carbocycles. The third-order valence-corrected chi connectivity index (χ3v) is 5.22. The fourth-order valence-electron chi connectivity index (χ4n) is 2.44. The second-order valence-corrected chi connectivity index (χ2v) is 7.10. The SMILES string of the molecule is CC(C)c1cccc2c1N(C)C(C(=O)O)CS2(=O)=O. The summed E-state index contributed by atoms with van der Waals surface area (Å²) in [5.74, 6) is -1.37. The number of aliphatic carboxylic acids is 1. The molecule has 0 aromatic heterocycles. The van der Waals surface area contributed by atoms with Crippen molar-refractivity contribution < 1.29 is 18.3 Å². The fraction of sp³-hybridized carbons (Fsp3) is 0.462. The molecule has 1 N–H and O–H groups in total. The van der Waals surface area contributed by atoms with E-state index in [0.717, 1.165) is 5.56 Å². The van der Waals surface area contributed by atoms with E-state index in [0.29, 0.717) is 5.69 Å². The topological polar surface area (TPSA) is 74.7 Å². The number of rotatable bonds is 2. The van der Waals surface area contributed by atoms with Gasteiger partial charge in [-0.2, -0.15) is 0 Å². The number of hydrogen-bond donors (Lipinski definition) is 1. The second-order valence-electron chi connectivity index (χ2n) is 5.10. The number of fused-ring (bicyclic) bond motifs is 1. The molecule has 2 rings (SSSR count). The summed E-state index contributed by atoms with van der Waals surface area (Å²) in [6.45, 7) is 3.92. The molecule has 0 amide bonds. The summed E-state index contributed by atoms with van der Waals surface area (Å²) in [5.41, 5.74) is 1.38. The molecular weight excluding hydrogens is 266 g/mol. The molecule has 0 radical (unpaired) electrons. The Labute approximate surface area is 112 Å². The summed E-state index contributed by atoms with van der Waals surface area (Å²) < 4.78 is 24.4. The molecular formula is C13H17NO4S. The highest BCUT2D eigenvalue weighted by Gasteiger charge is 2.39. The van der Waals surface area contributed by atoms with E-state index >= 15 is 0 Å². The Hall–Kier alpha value is -1.56. The average Bonchev–Trinajstić information content (AvgIpc) is 2.32. The van der Waals surface area contributed by atoms with Gasteiger partial charge in [0.1, 0.15) is 6.04 Å². The Morgan fingerprint density at radius 3 is 2.58 bits per heavy atom. The quantitative estimate of drug-likeness (QED) is 0.890. The number of likely N-dealkylation sites (N-methyl/N-ethyl adjacent to an activating group) is 1. The number of carboxylic acids is 1. The zero-order valence-electron chi connectivity index (χ0n) is 11.1. The van der Waals surface area contributed by atoms with Crippen molar-refractivity contribution in [2.75, 3.05) is 17.7 Å². The molecule has 19 heavy (non-hydrogen) atoms. The number of carboxylic acid groups (broad SMARTS) is 1. The van der Waals surface area contributed by atoms with Crippen LogP contribution >= 0.6 is 0 Å². The summed E-state index contributed by atoms with van der Waals surface area (Å²) >= 11 is 0. The first-order chi connectivity index (χ1) is 8.75. The van der Waals surface area contributed by atoms with Crippen molar-refractivity contribution >= 4 is 21.5 Å². The molecule has 0 saturated heterocycles. The number of anilines is 1. The largest absolute Gasteiger partial charge is 0.480 e. The van der Waals surface area contributed by atoms with Crippen molar-refractivity contribution in [3.05, 3.63) is 23.8 Å². The van der Waals surface area contributed by atoms with Gasteiger partial charge in [-0.05, 0) is 17.5 Å². The van der Waals surface area contributed by atoms with Crippen LogP contribution in [-0.2, 0) is 14.6 Å². The molecule has 0 fully saturated rings. The summed E-state index contributed by atoms with van der Waals surface area (Å²) in [4.78, 5) is 13.0. The maximum absolute atomic E-state index is 12.2. The average molecular weight is 283 g/mol.